The lowest BCUT2D eigenvalue weighted by Gasteiger charge is -2.32. The van der Waals surface area contributed by atoms with Gasteiger partial charge in [0, 0.05) is 67.7 Å². The van der Waals surface area contributed by atoms with Gasteiger partial charge in [0.1, 0.15) is 0 Å². The molecule has 0 amide bonds. The standard InChI is InChI=1S/C48H42N8O12S4/c1-21(2)31-37-35(29(19-57)41(59)45(31)63)43(61)33(23(5)39(37)53-51-25-7-11-27(12-8-25)71(65,66)55-47-49-15-17-69-47)34-24(6)40(38-32(22(3)4)46(64)42(60)30(20-58)36(38)44(34)62)54-52-26-9-13-28(14-10-26)72(67,68)56-48-50-16-18-70-48/h7-22,51-52,59-60,63-64H,1-6H3,(H,49,55)(H,50,56)/b53-39+,54-40+. The number of allylic oxidation sites excluding steroid dienone is 4. The Bertz CT molecular complexity index is 3380. The molecule has 0 saturated carbocycles. The van der Waals surface area contributed by atoms with Gasteiger partial charge in [-0.15, -0.1) is 22.7 Å². The predicted molar refractivity (Wildman–Crippen MR) is 272 cm³/mol. The van der Waals surface area contributed by atoms with E-state index >= 15 is 9.59 Å². The number of fused-ring (bicyclic) bond motifs is 2. The summed E-state index contributed by atoms with van der Waals surface area (Å²) in [5, 5.41) is 58.2. The fourth-order valence-corrected chi connectivity index (χ4v) is 12.1. The molecule has 8 N–H and O–H groups in total. The van der Waals surface area contributed by atoms with E-state index in [-0.39, 0.29) is 100.0 Å². The first-order chi connectivity index (χ1) is 34.1. The van der Waals surface area contributed by atoms with Gasteiger partial charge in [-0.1, -0.05) is 27.7 Å². The van der Waals surface area contributed by atoms with Crippen LogP contribution in [0, 0.1) is 0 Å². The molecule has 0 fully saturated rings. The SMILES string of the molecule is CC1=C(C2=C(C)/C(=N\Nc3ccc(S(=O)(=O)Nc4nccs4)cc3)c3c(c(C=O)c(O)c(O)c3C(C)C)C2=O)C(=O)c2c(C=O)c(O)c(O)c(C(C)C)c2/C1=N/Nc1ccc(S(=O)(=O)Nc2nccs2)cc1. The van der Waals surface area contributed by atoms with E-state index in [1.54, 1.807) is 38.5 Å². The van der Waals surface area contributed by atoms with Crippen molar-refractivity contribution in [2.24, 2.45) is 10.2 Å². The summed E-state index contributed by atoms with van der Waals surface area (Å²) >= 11 is 2.17. The number of aromatic hydroxyl groups is 4. The Morgan fingerprint density at radius 1 is 0.556 bits per heavy atom. The molecule has 24 heteroatoms. The van der Waals surface area contributed by atoms with Crippen molar-refractivity contribution < 1.29 is 56.4 Å². The zero-order valence-electron chi connectivity index (χ0n) is 38.7. The van der Waals surface area contributed by atoms with Crippen LogP contribution in [0.1, 0.15) is 117 Å². The second kappa shape index (κ2) is 19.3. The highest BCUT2D eigenvalue weighted by atomic mass is 32.2. The van der Waals surface area contributed by atoms with Crippen LogP contribution in [0.2, 0.25) is 0 Å². The number of Topliss-reactive ketones (excluding diaryl/α,β-unsaturated/α-hetero) is 2. The van der Waals surface area contributed by atoms with Gasteiger partial charge in [0.2, 0.25) is 0 Å². The highest BCUT2D eigenvalue weighted by Gasteiger charge is 2.45. The molecule has 72 heavy (non-hydrogen) atoms. The van der Waals surface area contributed by atoms with Crippen molar-refractivity contribution in [3.05, 3.63) is 138 Å². The maximum Gasteiger partial charge on any atom is 0.263 e. The molecule has 2 aliphatic rings. The maximum absolute atomic E-state index is 15.4. The Morgan fingerprint density at radius 3 is 1.19 bits per heavy atom. The second-order valence-corrected chi connectivity index (χ2v) is 22.0. The average Bonchev–Trinajstić information content (AvgIpc) is 4.05. The number of phenols is 4. The van der Waals surface area contributed by atoms with Crippen molar-refractivity contribution in [2.45, 2.75) is 63.2 Å². The summed E-state index contributed by atoms with van der Waals surface area (Å²) in [6, 6.07) is 10.8. The average molecular weight is 1050 g/mol. The summed E-state index contributed by atoms with van der Waals surface area (Å²) in [7, 11) is -8.11. The van der Waals surface area contributed by atoms with E-state index < -0.39 is 88.7 Å². The molecule has 370 valence electrons. The molecule has 2 aliphatic carbocycles. The van der Waals surface area contributed by atoms with Crippen molar-refractivity contribution >= 4 is 99.9 Å². The van der Waals surface area contributed by atoms with Crippen LogP contribution in [0.5, 0.6) is 23.0 Å². The number of ketones is 2. The number of sulfonamides is 2. The first-order valence-electron chi connectivity index (χ1n) is 21.5. The Morgan fingerprint density at radius 2 is 0.903 bits per heavy atom. The van der Waals surface area contributed by atoms with Crippen LogP contribution in [0.15, 0.2) is 114 Å². The first-order valence-corrected chi connectivity index (χ1v) is 26.2. The molecule has 20 nitrogen and oxygen atoms in total. The number of thiazole rings is 2. The molecule has 0 unspecified atom stereocenters. The van der Waals surface area contributed by atoms with Gasteiger partial charge in [-0.2, -0.15) is 10.2 Å². The zero-order chi connectivity index (χ0) is 52.1. The van der Waals surface area contributed by atoms with Crippen molar-refractivity contribution in [1.29, 1.82) is 0 Å². The quantitative estimate of drug-likeness (QED) is 0.0273. The number of hydrogen-bond acceptors (Lipinski definition) is 20. The minimum atomic E-state index is -4.05. The molecular weight excluding hydrogens is 1010 g/mol. The third-order valence-electron chi connectivity index (χ3n) is 11.8. The van der Waals surface area contributed by atoms with Crippen LogP contribution < -0.4 is 20.3 Å². The van der Waals surface area contributed by atoms with E-state index in [0.717, 1.165) is 22.7 Å². The van der Waals surface area contributed by atoms with Gasteiger partial charge in [0.25, 0.3) is 20.0 Å². The second-order valence-electron chi connectivity index (χ2n) is 16.8. The largest absolute Gasteiger partial charge is 0.504 e. The van der Waals surface area contributed by atoms with Crippen LogP contribution in [0.3, 0.4) is 0 Å². The lowest BCUT2D eigenvalue weighted by atomic mass is 9.70. The predicted octanol–water partition coefficient (Wildman–Crippen LogP) is 8.25. The number of phenolic OH excluding ortho intramolecular Hbond substituents is 4. The maximum atomic E-state index is 15.4. The minimum absolute atomic E-state index is 0.00979. The van der Waals surface area contributed by atoms with Crippen molar-refractivity contribution in [3.63, 3.8) is 0 Å². The van der Waals surface area contributed by atoms with E-state index in [2.05, 4.69) is 40.5 Å². The van der Waals surface area contributed by atoms with Crippen LogP contribution in [0.25, 0.3) is 0 Å². The minimum Gasteiger partial charge on any atom is -0.504 e. The van der Waals surface area contributed by atoms with Gasteiger partial charge in [0.15, 0.2) is 57.4 Å². The zero-order valence-corrected chi connectivity index (χ0v) is 42.0. The van der Waals surface area contributed by atoms with E-state index in [9.17, 15) is 46.9 Å². The Labute approximate surface area is 419 Å². The normalized spacial score (nSPS) is 15.1. The molecule has 0 spiro atoms. The fraction of sp³-hybridized carbons (Fsp3) is 0.167. The summed E-state index contributed by atoms with van der Waals surface area (Å²) in [4.78, 5) is 64.2. The molecule has 0 saturated heterocycles. The highest BCUT2D eigenvalue weighted by molar-refractivity contribution is 7.93. The number of nitrogens with zero attached hydrogens (tertiary/aromatic N) is 4. The van der Waals surface area contributed by atoms with Crippen LogP contribution >= 0.6 is 22.7 Å². The first kappa shape index (κ1) is 50.3. The van der Waals surface area contributed by atoms with Crippen LogP contribution in [0.4, 0.5) is 21.6 Å². The van der Waals surface area contributed by atoms with Crippen LogP contribution in [-0.4, -0.2) is 82.8 Å². The summed E-state index contributed by atoms with van der Waals surface area (Å²) < 4.78 is 57.2. The summed E-state index contributed by atoms with van der Waals surface area (Å²) in [6.07, 6.45) is 3.21. The molecular formula is C48H42N8O12S4. The Kier molecular flexibility index (Phi) is 13.5. The van der Waals surface area contributed by atoms with Gasteiger partial charge in [-0.05, 0) is 85.4 Å². The fourth-order valence-electron chi connectivity index (χ4n) is 8.48. The Balaban J connectivity index is 1.33. The van der Waals surface area contributed by atoms with Crippen molar-refractivity contribution in [1.82, 2.24) is 9.97 Å². The third kappa shape index (κ3) is 8.77. The van der Waals surface area contributed by atoms with Crippen molar-refractivity contribution in [3.8, 4) is 23.0 Å². The molecule has 6 aromatic rings. The number of hydrogen-bond donors (Lipinski definition) is 8. The number of benzene rings is 4. The number of anilines is 4. The molecule has 4 aromatic carbocycles. The topological polar surface area (TPSA) is 316 Å². The monoisotopic (exact) mass is 1050 g/mol. The molecule has 2 aromatic heterocycles. The molecule has 0 bridgehead atoms. The number of aldehydes is 2. The smallest absolute Gasteiger partial charge is 0.263 e. The summed E-state index contributed by atoms with van der Waals surface area (Å²) in [5.74, 6) is -6.50. The summed E-state index contributed by atoms with van der Waals surface area (Å²) in [6.45, 7) is 9.51. The lowest BCUT2D eigenvalue weighted by molar-refractivity contribution is 0.0989. The van der Waals surface area contributed by atoms with Gasteiger partial charge in [0.05, 0.1) is 43.7 Å². The third-order valence-corrected chi connectivity index (χ3v) is 16.1. The van der Waals surface area contributed by atoms with Gasteiger partial charge >= 0.3 is 0 Å². The molecule has 8 rings (SSSR count). The number of hydrazone groups is 2. The molecule has 0 radical (unpaired) electrons. The molecule has 0 atom stereocenters. The number of nitrogens with one attached hydrogen (secondary N) is 4. The number of carbonyl (C=O) groups excluding carboxylic acids is 4. The number of aromatic nitrogens is 2. The van der Waals surface area contributed by atoms with E-state index in [1.807, 2.05) is 0 Å². The van der Waals surface area contributed by atoms with E-state index in [1.165, 1.54) is 74.8 Å². The number of rotatable bonds is 15. The van der Waals surface area contributed by atoms with Crippen molar-refractivity contribution in [2.75, 3.05) is 20.3 Å². The van der Waals surface area contributed by atoms with E-state index in [4.69, 9.17) is 0 Å². The molecule has 0 aliphatic heterocycles. The summed E-state index contributed by atoms with van der Waals surface area (Å²) in [5.41, 5.74) is 2.82. The number of carbonyl (C=O) groups is 4. The molecule has 2 heterocycles. The lowest BCUT2D eigenvalue weighted by Crippen LogP contribution is -2.33. The van der Waals surface area contributed by atoms with Gasteiger partial charge in [-0.25, -0.2) is 26.8 Å². The highest BCUT2D eigenvalue weighted by Crippen LogP contribution is 2.50. The van der Waals surface area contributed by atoms with Crippen LogP contribution in [-0.2, 0) is 20.0 Å². The Hall–Kier alpha value is -8.06. The van der Waals surface area contributed by atoms with E-state index in [0.29, 0.717) is 0 Å². The van der Waals surface area contributed by atoms with Gasteiger partial charge in [-0.3, -0.25) is 39.5 Å². The van der Waals surface area contributed by atoms with Gasteiger partial charge < -0.3 is 20.4 Å².